The van der Waals surface area contributed by atoms with E-state index in [0.29, 0.717) is 23.9 Å². The van der Waals surface area contributed by atoms with Gasteiger partial charge in [-0.1, -0.05) is 26.3 Å². The van der Waals surface area contributed by atoms with Crippen molar-refractivity contribution in [1.82, 2.24) is 9.97 Å². The number of ether oxygens (including phenoxy) is 3. The molecule has 2 aromatic rings. The molecular formula is C23H30N2O4. The summed E-state index contributed by atoms with van der Waals surface area (Å²) in [6.07, 6.45) is 11.4. The molecular weight excluding hydrogens is 368 g/mol. The van der Waals surface area contributed by atoms with E-state index in [4.69, 9.17) is 14.2 Å². The first-order chi connectivity index (χ1) is 14.2. The number of esters is 1. The standard InChI is InChI=1S/C23H30N2O4/c1-3-5-6-9-22(26)29-20-12-10-19(11-13-20)23-24-17-21(18-25-23)28-16-8-7-15-27-14-4-2/h6,9-13,17-18H,3-5,7-8,14-16H2,1-2H3/b9-6+. The van der Waals surface area contributed by atoms with E-state index in [0.717, 1.165) is 50.9 Å². The maximum atomic E-state index is 11.7. The maximum Gasteiger partial charge on any atom is 0.335 e. The van der Waals surface area contributed by atoms with Gasteiger partial charge in [-0.25, -0.2) is 14.8 Å². The van der Waals surface area contributed by atoms with Crippen molar-refractivity contribution in [3.05, 3.63) is 48.8 Å². The number of allylic oxidation sites excluding steroid dienone is 1. The second-order valence-corrected chi connectivity index (χ2v) is 6.55. The topological polar surface area (TPSA) is 70.5 Å². The molecule has 1 heterocycles. The monoisotopic (exact) mass is 398 g/mol. The van der Waals surface area contributed by atoms with E-state index in [9.17, 15) is 4.79 Å². The zero-order valence-corrected chi connectivity index (χ0v) is 17.3. The van der Waals surface area contributed by atoms with Crippen molar-refractivity contribution in [3.8, 4) is 22.9 Å². The number of aromatic nitrogens is 2. The molecule has 0 saturated heterocycles. The van der Waals surface area contributed by atoms with Gasteiger partial charge in [0.05, 0.1) is 19.0 Å². The highest BCUT2D eigenvalue weighted by Crippen LogP contribution is 2.20. The van der Waals surface area contributed by atoms with E-state index in [1.165, 1.54) is 6.08 Å². The minimum absolute atomic E-state index is 0.374. The number of rotatable bonds is 13. The van der Waals surface area contributed by atoms with E-state index in [-0.39, 0.29) is 5.97 Å². The van der Waals surface area contributed by atoms with Gasteiger partial charge in [0.15, 0.2) is 11.6 Å². The smallest absolute Gasteiger partial charge is 0.335 e. The Labute approximate surface area is 172 Å². The van der Waals surface area contributed by atoms with Gasteiger partial charge in [-0.15, -0.1) is 0 Å². The molecule has 0 amide bonds. The lowest BCUT2D eigenvalue weighted by Crippen LogP contribution is -2.03. The quantitative estimate of drug-likeness (QED) is 0.205. The van der Waals surface area contributed by atoms with E-state index in [1.807, 2.05) is 18.2 Å². The minimum Gasteiger partial charge on any atom is -0.490 e. The first kappa shape index (κ1) is 22.6. The number of unbranched alkanes of at least 4 members (excludes halogenated alkanes) is 2. The highest BCUT2D eigenvalue weighted by molar-refractivity contribution is 5.84. The summed E-state index contributed by atoms with van der Waals surface area (Å²) in [7, 11) is 0. The highest BCUT2D eigenvalue weighted by Gasteiger charge is 2.05. The molecule has 0 radical (unpaired) electrons. The Morgan fingerprint density at radius 2 is 1.66 bits per heavy atom. The average Bonchev–Trinajstić information content (AvgIpc) is 2.74. The number of carbonyl (C=O) groups is 1. The van der Waals surface area contributed by atoms with Gasteiger partial charge in [0.1, 0.15) is 5.75 Å². The van der Waals surface area contributed by atoms with Crippen LogP contribution in [0, 0.1) is 0 Å². The normalized spacial score (nSPS) is 11.0. The van der Waals surface area contributed by atoms with Crippen molar-refractivity contribution in [2.45, 2.75) is 46.0 Å². The van der Waals surface area contributed by atoms with Crippen LogP contribution in [0.3, 0.4) is 0 Å². The summed E-state index contributed by atoms with van der Waals surface area (Å²) in [6, 6.07) is 7.11. The zero-order chi connectivity index (χ0) is 20.7. The molecule has 0 unspecified atom stereocenters. The van der Waals surface area contributed by atoms with Gasteiger partial charge in [-0.3, -0.25) is 0 Å². The fraction of sp³-hybridized carbons (Fsp3) is 0.435. The molecule has 156 valence electrons. The molecule has 1 aromatic carbocycles. The van der Waals surface area contributed by atoms with E-state index >= 15 is 0 Å². The van der Waals surface area contributed by atoms with Gasteiger partial charge < -0.3 is 14.2 Å². The fourth-order valence-corrected chi connectivity index (χ4v) is 2.45. The SMILES string of the molecule is CCC/C=C/C(=O)Oc1ccc(-c2ncc(OCCCCOCCC)cn2)cc1. The Balaban J connectivity index is 1.78. The van der Waals surface area contributed by atoms with Crippen LogP contribution in [-0.4, -0.2) is 35.8 Å². The largest absolute Gasteiger partial charge is 0.490 e. The molecule has 2 rings (SSSR count). The Bertz CT molecular complexity index is 742. The second kappa shape index (κ2) is 13.4. The molecule has 29 heavy (non-hydrogen) atoms. The van der Waals surface area contributed by atoms with Gasteiger partial charge in [0.25, 0.3) is 0 Å². The van der Waals surface area contributed by atoms with Crippen molar-refractivity contribution in [2.75, 3.05) is 19.8 Å². The number of nitrogens with zero attached hydrogens (tertiary/aromatic N) is 2. The summed E-state index contributed by atoms with van der Waals surface area (Å²) >= 11 is 0. The number of benzene rings is 1. The van der Waals surface area contributed by atoms with Crippen molar-refractivity contribution in [2.24, 2.45) is 0 Å². The van der Waals surface area contributed by atoms with Crippen molar-refractivity contribution in [3.63, 3.8) is 0 Å². The zero-order valence-electron chi connectivity index (χ0n) is 17.3. The lowest BCUT2D eigenvalue weighted by molar-refractivity contribution is -0.129. The van der Waals surface area contributed by atoms with Crippen LogP contribution in [0.1, 0.15) is 46.0 Å². The maximum absolute atomic E-state index is 11.7. The second-order valence-electron chi connectivity index (χ2n) is 6.55. The molecule has 0 N–H and O–H groups in total. The van der Waals surface area contributed by atoms with Gasteiger partial charge in [0.2, 0.25) is 0 Å². The van der Waals surface area contributed by atoms with Crippen molar-refractivity contribution >= 4 is 5.97 Å². The average molecular weight is 399 g/mol. The van der Waals surface area contributed by atoms with Crippen LogP contribution in [0.4, 0.5) is 0 Å². The number of carbonyl (C=O) groups excluding carboxylic acids is 1. The molecule has 0 saturated carbocycles. The van der Waals surface area contributed by atoms with Crippen LogP contribution in [0.5, 0.6) is 11.5 Å². The molecule has 0 aliphatic rings. The molecule has 0 spiro atoms. The van der Waals surface area contributed by atoms with E-state index < -0.39 is 0 Å². The van der Waals surface area contributed by atoms with Crippen LogP contribution >= 0.6 is 0 Å². The Morgan fingerprint density at radius 1 is 0.931 bits per heavy atom. The van der Waals surface area contributed by atoms with E-state index in [2.05, 4.69) is 23.8 Å². The number of hydrogen-bond donors (Lipinski definition) is 0. The minimum atomic E-state index is -0.374. The molecule has 0 fully saturated rings. The Hall–Kier alpha value is -2.73. The molecule has 6 heteroatoms. The van der Waals surface area contributed by atoms with Crippen LogP contribution in [0.2, 0.25) is 0 Å². The molecule has 0 aliphatic heterocycles. The lowest BCUT2D eigenvalue weighted by atomic mass is 10.2. The summed E-state index contributed by atoms with van der Waals surface area (Å²) in [4.78, 5) is 20.4. The molecule has 0 aliphatic carbocycles. The van der Waals surface area contributed by atoms with Crippen LogP contribution in [0.25, 0.3) is 11.4 Å². The van der Waals surface area contributed by atoms with Crippen LogP contribution in [-0.2, 0) is 9.53 Å². The Kier molecular flexibility index (Phi) is 10.5. The van der Waals surface area contributed by atoms with Crippen LogP contribution < -0.4 is 9.47 Å². The molecule has 0 atom stereocenters. The summed E-state index contributed by atoms with van der Waals surface area (Å²) in [5, 5.41) is 0. The first-order valence-electron chi connectivity index (χ1n) is 10.2. The third-order valence-corrected chi connectivity index (χ3v) is 3.97. The predicted octanol–water partition coefficient (Wildman–Crippen LogP) is 4.99. The van der Waals surface area contributed by atoms with Gasteiger partial charge in [-0.2, -0.15) is 0 Å². The molecule has 6 nitrogen and oxygen atoms in total. The highest BCUT2D eigenvalue weighted by atomic mass is 16.5. The summed E-state index contributed by atoms with van der Waals surface area (Å²) in [5.74, 6) is 1.35. The van der Waals surface area contributed by atoms with Crippen molar-refractivity contribution < 1.29 is 19.0 Å². The third-order valence-electron chi connectivity index (χ3n) is 3.97. The first-order valence-corrected chi connectivity index (χ1v) is 10.2. The lowest BCUT2D eigenvalue weighted by Gasteiger charge is -2.07. The number of hydrogen-bond acceptors (Lipinski definition) is 6. The van der Waals surface area contributed by atoms with Crippen LogP contribution in [0.15, 0.2) is 48.8 Å². The Morgan fingerprint density at radius 3 is 2.34 bits per heavy atom. The summed E-state index contributed by atoms with van der Waals surface area (Å²) in [5.41, 5.74) is 0.839. The molecule has 1 aromatic heterocycles. The van der Waals surface area contributed by atoms with Crippen molar-refractivity contribution in [1.29, 1.82) is 0 Å². The van der Waals surface area contributed by atoms with Gasteiger partial charge in [0, 0.05) is 24.9 Å². The van der Waals surface area contributed by atoms with Gasteiger partial charge in [-0.05, 0) is 49.9 Å². The van der Waals surface area contributed by atoms with Gasteiger partial charge >= 0.3 is 5.97 Å². The fourth-order valence-electron chi connectivity index (χ4n) is 2.45. The predicted molar refractivity (Wildman–Crippen MR) is 113 cm³/mol. The van der Waals surface area contributed by atoms with E-state index in [1.54, 1.807) is 24.5 Å². The summed E-state index contributed by atoms with van der Waals surface area (Å²) in [6.45, 7) is 6.36. The molecule has 0 bridgehead atoms. The third kappa shape index (κ3) is 8.87. The summed E-state index contributed by atoms with van der Waals surface area (Å²) < 4.78 is 16.4.